The highest BCUT2D eigenvalue weighted by atomic mass is 19.4. The quantitative estimate of drug-likeness (QED) is 0.899. The van der Waals surface area contributed by atoms with Gasteiger partial charge in [0.05, 0.1) is 11.6 Å². The number of aryl methyl sites for hydroxylation is 1. The molecule has 2 rings (SSSR count). The highest BCUT2D eigenvalue weighted by Gasteiger charge is 2.42. The first-order valence-corrected chi connectivity index (χ1v) is 6.72. The van der Waals surface area contributed by atoms with E-state index in [2.05, 4.69) is 5.10 Å². The molecule has 6 heteroatoms. The molecule has 0 spiro atoms. The SMILES string of the molecule is CCc1c(C2CCC(C(F)(F)F)CC2)nn(C)c1N. The summed E-state index contributed by atoms with van der Waals surface area (Å²) < 4.78 is 39.6. The Morgan fingerprint density at radius 1 is 1.26 bits per heavy atom. The number of anilines is 1. The van der Waals surface area contributed by atoms with Crippen LogP contribution in [-0.4, -0.2) is 16.0 Å². The Labute approximate surface area is 111 Å². The van der Waals surface area contributed by atoms with E-state index in [1.807, 2.05) is 6.92 Å². The van der Waals surface area contributed by atoms with Crippen LogP contribution in [0.2, 0.25) is 0 Å². The molecule has 0 bridgehead atoms. The van der Waals surface area contributed by atoms with Crippen LogP contribution in [-0.2, 0) is 13.5 Å². The number of nitrogens with zero attached hydrogens (tertiary/aromatic N) is 2. The van der Waals surface area contributed by atoms with Gasteiger partial charge in [-0.25, -0.2) is 0 Å². The van der Waals surface area contributed by atoms with Crippen LogP contribution in [0.25, 0.3) is 0 Å². The summed E-state index contributed by atoms with van der Waals surface area (Å²) in [5.74, 6) is -0.387. The molecule has 1 aliphatic carbocycles. The number of rotatable bonds is 2. The molecular weight excluding hydrogens is 255 g/mol. The molecule has 0 aromatic carbocycles. The maximum atomic E-state index is 12.6. The van der Waals surface area contributed by atoms with Gasteiger partial charge < -0.3 is 5.73 Å². The Balaban J connectivity index is 2.12. The molecule has 0 atom stereocenters. The Morgan fingerprint density at radius 3 is 2.32 bits per heavy atom. The average molecular weight is 275 g/mol. The smallest absolute Gasteiger partial charge is 0.384 e. The van der Waals surface area contributed by atoms with Crippen LogP contribution in [0.15, 0.2) is 0 Å². The second-order valence-corrected chi connectivity index (χ2v) is 5.32. The van der Waals surface area contributed by atoms with Crippen molar-refractivity contribution in [2.24, 2.45) is 13.0 Å². The minimum Gasteiger partial charge on any atom is -0.384 e. The van der Waals surface area contributed by atoms with Crippen LogP contribution >= 0.6 is 0 Å². The lowest BCUT2D eigenvalue weighted by Crippen LogP contribution is -2.27. The van der Waals surface area contributed by atoms with E-state index in [-0.39, 0.29) is 18.8 Å². The largest absolute Gasteiger partial charge is 0.391 e. The van der Waals surface area contributed by atoms with Gasteiger partial charge in [-0.15, -0.1) is 0 Å². The Morgan fingerprint density at radius 2 is 1.84 bits per heavy atom. The lowest BCUT2D eigenvalue weighted by atomic mass is 9.79. The van der Waals surface area contributed by atoms with Crippen LogP contribution in [0.1, 0.15) is 49.8 Å². The first-order valence-electron chi connectivity index (χ1n) is 6.72. The first-order chi connectivity index (χ1) is 8.84. The van der Waals surface area contributed by atoms with E-state index in [0.29, 0.717) is 18.7 Å². The van der Waals surface area contributed by atoms with Crippen LogP contribution < -0.4 is 5.73 Å². The summed E-state index contributed by atoms with van der Waals surface area (Å²) in [6.45, 7) is 2.00. The van der Waals surface area contributed by atoms with E-state index in [4.69, 9.17) is 5.73 Å². The van der Waals surface area contributed by atoms with E-state index in [9.17, 15) is 13.2 Å². The van der Waals surface area contributed by atoms with E-state index in [0.717, 1.165) is 17.7 Å². The van der Waals surface area contributed by atoms with Gasteiger partial charge in [0.25, 0.3) is 0 Å². The molecule has 0 saturated heterocycles. The van der Waals surface area contributed by atoms with Crippen molar-refractivity contribution < 1.29 is 13.2 Å². The molecule has 1 heterocycles. The molecule has 19 heavy (non-hydrogen) atoms. The second kappa shape index (κ2) is 5.06. The fourth-order valence-electron chi connectivity index (χ4n) is 2.99. The third kappa shape index (κ3) is 2.72. The first kappa shape index (κ1) is 14.2. The van der Waals surface area contributed by atoms with Crippen molar-refractivity contribution in [3.8, 4) is 0 Å². The lowest BCUT2D eigenvalue weighted by Gasteiger charge is -2.29. The van der Waals surface area contributed by atoms with Gasteiger partial charge >= 0.3 is 6.18 Å². The minimum absolute atomic E-state index is 0.122. The van der Waals surface area contributed by atoms with Gasteiger partial charge in [-0.05, 0) is 32.1 Å². The summed E-state index contributed by atoms with van der Waals surface area (Å²) in [6.07, 6.45) is -1.78. The fourth-order valence-corrected chi connectivity index (χ4v) is 2.99. The molecule has 1 aromatic heterocycles. The van der Waals surface area contributed by atoms with Gasteiger partial charge in [0.2, 0.25) is 0 Å². The maximum Gasteiger partial charge on any atom is 0.391 e. The lowest BCUT2D eigenvalue weighted by molar-refractivity contribution is -0.182. The molecule has 0 unspecified atom stereocenters. The van der Waals surface area contributed by atoms with Crippen molar-refractivity contribution in [2.75, 3.05) is 5.73 Å². The summed E-state index contributed by atoms with van der Waals surface area (Å²) in [5, 5.41) is 4.40. The average Bonchev–Trinajstić information content (AvgIpc) is 2.64. The summed E-state index contributed by atoms with van der Waals surface area (Å²) in [6, 6.07) is 0. The minimum atomic E-state index is -4.05. The Hall–Kier alpha value is -1.20. The standard InChI is InChI=1S/C13H20F3N3/c1-3-10-11(18-19(2)12(10)17)8-4-6-9(7-5-8)13(14,15)16/h8-9H,3-7,17H2,1-2H3. The monoisotopic (exact) mass is 275 g/mol. The van der Waals surface area contributed by atoms with Crippen molar-refractivity contribution in [3.05, 3.63) is 11.3 Å². The number of nitrogens with two attached hydrogens (primary N) is 1. The predicted molar refractivity (Wildman–Crippen MR) is 67.8 cm³/mol. The van der Waals surface area contributed by atoms with Gasteiger partial charge in [0.1, 0.15) is 5.82 Å². The number of hydrogen-bond acceptors (Lipinski definition) is 2. The molecule has 1 saturated carbocycles. The third-order valence-electron chi connectivity index (χ3n) is 4.16. The van der Waals surface area contributed by atoms with Crippen molar-refractivity contribution >= 4 is 5.82 Å². The summed E-state index contributed by atoms with van der Waals surface area (Å²) in [4.78, 5) is 0. The third-order valence-corrected chi connectivity index (χ3v) is 4.16. The van der Waals surface area contributed by atoms with Gasteiger partial charge in [0.15, 0.2) is 0 Å². The van der Waals surface area contributed by atoms with Crippen molar-refractivity contribution in [1.29, 1.82) is 0 Å². The van der Waals surface area contributed by atoms with E-state index >= 15 is 0 Å². The Bertz CT molecular complexity index is 443. The molecule has 0 radical (unpaired) electrons. The number of halogens is 3. The zero-order chi connectivity index (χ0) is 14.2. The van der Waals surface area contributed by atoms with Gasteiger partial charge in [0, 0.05) is 18.5 Å². The van der Waals surface area contributed by atoms with Crippen LogP contribution in [0, 0.1) is 5.92 Å². The summed E-state index contributed by atoms with van der Waals surface area (Å²) in [7, 11) is 1.78. The van der Waals surface area contributed by atoms with Crippen LogP contribution in [0.4, 0.5) is 19.0 Å². The molecule has 1 fully saturated rings. The van der Waals surface area contributed by atoms with E-state index in [1.54, 1.807) is 11.7 Å². The van der Waals surface area contributed by atoms with E-state index < -0.39 is 12.1 Å². The highest BCUT2D eigenvalue weighted by Crippen LogP contribution is 2.43. The van der Waals surface area contributed by atoms with Crippen LogP contribution in [0.3, 0.4) is 0 Å². The second-order valence-electron chi connectivity index (χ2n) is 5.32. The number of nitrogen functional groups attached to an aromatic ring is 1. The maximum absolute atomic E-state index is 12.6. The molecule has 108 valence electrons. The molecule has 2 N–H and O–H groups in total. The van der Waals surface area contributed by atoms with Gasteiger partial charge in [-0.3, -0.25) is 4.68 Å². The molecule has 0 amide bonds. The molecular formula is C13H20F3N3. The molecule has 1 aromatic rings. The summed E-state index contributed by atoms with van der Waals surface area (Å²) >= 11 is 0. The van der Waals surface area contributed by atoms with E-state index in [1.165, 1.54) is 0 Å². The summed E-state index contributed by atoms with van der Waals surface area (Å²) in [5.41, 5.74) is 7.84. The molecule has 0 aliphatic heterocycles. The Kier molecular flexibility index (Phi) is 3.78. The van der Waals surface area contributed by atoms with Crippen molar-refractivity contribution in [3.63, 3.8) is 0 Å². The highest BCUT2D eigenvalue weighted by molar-refractivity contribution is 5.44. The number of hydrogen-bond donors (Lipinski definition) is 1. The topological polar surface area (TPSA) is 43.8 Å². The molecule has 3 nitrogen and oxygen atoms in total. The number of alkyl halides is 3. The zero-order valence-electron chi connectivity index (χ0n) is 11.3. The zero-order valence-corrected chi connectivity index (χ0v) is 11.3. The fraction of sp³-hybridized carbons (Fsp3) is 0.769. The number of aromatic nitrogens is 2. The van der Waals surface area contributed by atoms with Gasteiger partial charge in [-0.2, -0.15) is 18.3 Å². The van der Waals surface area contributed by atoms with Crippen molar-refractivity contribution in [1.82, 2.24) is 9.78 Å². The van der Waals surface area contributed by atoms with Crippen LogP contribution in [0.5, 0.6) is 0 Å². The van der Waals surface area contributed by atoms with Gasteiger partial charge in [-0.1, -0.05) is 6.92 Å². The normalized spacial score (nSPS) is 24.7. The predicted octanol–water partition coefficient (Wildman–Crippen LogP) is 3.40. The van der Waals surface area contributed by atoms with Crippen molar-refractivity contribution in [2.45, 2.75) is 51.1 Å². The molecule has 1 aliphatic rings.